The Morgan fingerprint density at radius 2 is 1.80 bits per heavy atom. The lowest BCUT2D eigenvalue weighted by Gasteiger charge is -2.62. The van der Waals surface area contributed by atoms with Gasteiger partial charge in [0.05, 0.1) is 0 Å². The first-order chi connectivity index (χ1) is 9.10. The lowest BCUT2D eigenvalue weighted by atomic mass is 9.48. The summed E-state index contributed by atoms with van der Waals surface area (Å²) in [5, 5.41) is 3.17. The Balaban J connectivity index is 2.23. The smallest absolute Gasteiger partial charge is 0.251 e. The molecule has 0 radical (unpaired) electrons. The maximum atomic E-state index is 12.5. The predicted molar refractivity (Wildman–Crippen MR) is 85.7 cm³/mol. The number of rotatable bonds is 2. The molecule has 2 rings (SSSR count). The molecule has 1 fully saturated rings. The lowest BCUT2D eigenvalue weighted by molar-refractivity contribution is -0.0663. The number of carbonyl (C=O) groups is 1. The Morgan fingerprint density at radius 3 is 2.35 bits per heavy atom. The summed E-state index contributed by atoms with van der Waals surface area (Å²) in [5.74, 6) is -0.0261. The van der Waals surface area contributed by atoms with E-state index in [4.69, 9.17) is 5.73 Å². The average molecular weight is 339 g/mol. The minimum atomic E-state index is -0.0842. The summed E-state index contributed by atoms with van der Waals surface area (Å²) in [4.78, 5) is 12.5. The van der Waals surface area contributed by atoms with E-state index in [1.165, 1.54) is 0 Å². The van der Waals surface area contributed by atoms with Crippen LogP contribution in [-0.4, -0.2) is 18.0 Å². The van der Waals surface area contributed by atoms with Gasteiger partial charge in [-0.15, -0.1) is 0 Å². The molecule has 3 nitrogen and oxygen atoms in total. The first kappa shape index (κ1) is 15.5. The Labute approximate surface area is 129 Å². The van der Waals surface area contributed by atoms with Crippen molar-refractivity contribution in [1.82, 2.24) is 5.32 Å². The summed E-state index contributed by atoms with van der Waals surface area (Å²) in [6, 6.07) is 5.85. The Bertz CT molecular complexity index is 535. The minimum absolute atomic E-state index is 0.0261. The molecular formula is C16H23BrN2O. The van der Waals surface area contributed by atoms with Gasteiger partial charge in [0.1, 0.15) is 0 Å². The zero-order chi connectivity index (χ0) is 15.3. The number of halogens is 1. The summed E-state index contributed by atoms with van der Waals surface area (Å²) < 4.78 is 0.953. The van der Waals surface area contributed by atoms with Crippen molar-refractivity contribution in [3.8, 4) is 0 Å². The maximum absolute atomic E-state index is 12.5. The Kier molecular flexibility index (Phi) is 3.76. The number of nitrogens with two attached hydrogens (primary N) is 1. The van der Waals surface area contributed by atoms with Crippen LogP contribution in [0.4, 0.5) is 0 Å². The normalized spacial score (nSPS) is 26.8. The highest BCUT2D eigenvalue weighted by Crippen LogP contribution is 2.52. The molecule has 0 unspecified atom stereocenters. The summed E-state index contributed by atoms with van der Waals surface area (Å²) >= 11 is 3.47. The highest BCUT2D eigenvalue weighted by molar-refractivity contribution is 9.10. The zero-order valence-electron chi connectivity index (χ0n) is 12.8. The van der Waals surface area contributed by atoms with Crippen molar-refractivity contribution in [3.63, 3.8) is 0 Å². The second-order valence-electron chi connectivity index (χ2n) is 6.94. The second-order valence-corrected chi connectivity index (χ2v) is 7.79. The van der Waals surface area contributed by atoms with Crippen molar-refractivity contribution in [3.05, 3.63) is 33.8 Å². The van der Waals surface area contributed by atoms with Crippen molar-refractivity contribution in [2.45, 2.75) is 46.7 Å². The van der Waals surface area contributed by atoms with Crippen LogP contribution in [0.15, 0.2) is 22.7 Å². The Hall–Kier alpha value is -0.870. The van der Waals surface area contributed by atoms with Gasteiger partial charge in [0.2, 0.25) is 0 Å². The highest BCUT2D eigenvalue weighted by atomic mass is 79.9. The molecule has 4 heteroatoms. The van der Waals surface area contributed by atoms with Crippen molar-refractivity contribution >= 4 is 21.8 Å². The molecule has 110 valence electrons. The Morgan fingerprint density at radius 1 is 1.25 bits per heavy atom. The number of hydrogen-bond donors (Lipinski definition) is 2. The van der Waals surface area contributed by atoms with Crippen LogP contribution in [0.1, 0.15) is 43.6 Å². The highest BCUT2D eigenvalue weighted by Gasteiger charge is 2.60. The van der Waals surface area contributed by atoms with Crippen LogP contribution in [0.2, 0.25) is 0 Å². The molecule has 0 aromatic heterocycles. The molecule has 0 bridgehead atoms. The van der Waals surface area contributed by atoms with Crippen LogP contribution in [0.3, 0.4) is 0 Å². The van der Waals surface area contributed by atoms with Gasteiger partial charge in [-0.2, -0.15) is 0 Å². The topological polar surface area (TPSA) is 55.1 Å². The fraction of sp³-hybridized carbons (Fsp3) is 0.562. The van der Waals surface area contributed by atoms with Crippen LogP contribution in [0.5, 0.6) is 0 Å². The first-order valence-electron chi connectivity index (χ1n) is 6.91. The van der Waals surface area contributed by atoms with E-state index in [1.807, 2.05) is 25.1 Å². The molecule has 0 aliphatic heterocycles. The van der Waals surface area contributed by atoms with Crippen molar-refractivity contribution in [1.29, 1.82) is 0 Å². The average Bonchev–Trinajstić information content (AvgIpc) is 2.37. The predicted octanol–water partition coefficient (Wildman–Crippen LogP) is 3.25. The SMILES string of the molecule is Cc1c(Br)cccc1C(=O)NC1C(C)(C)C(N)C1(C)C. The molecule has 1 saturated carbocycles. The van der Waals surface area contributed by atoms with Gasteiger partial charge in [-0.25, -0.2) is 0 Å². The minimum Gasteiger partial charge on any atom is -0.348 e. The van der Waals surface area contributed by atoms with E-state index in [0.29, 0.717) is 5.56 Å². The number of carbonyl (C=O) groups excluding carboxylic acids is 1. The van der Waals surface area contributed by atoms with E-state index >= 15 is 0 Å². The third-order valence-corrected chi connectivity index (χ3v) is 5.74. The van der Waals surface area contributed by atoms with Gasteiger partial charge in [-0.1, -0.05) is 49.7 Å². The van der Waals surface area contributed by atoms with E-state index in [1.54, 1.807) is 0 Å². The summed E-state index contributed by atoms with van der Waals surface area (Å²) in [6.07, 6.45) is 0. The van der Waals surface area contributed by atoms with Crippen LogP contribution in [0, 0.1) is 17.8 Å². The van der Waals surface area contributed by atoms with Crippen LogP contribution < -0.4 is 11.1 Å². The first-order valence-corrected chi connectivity index (χ1v) is 7.71. The fourth-order valence-electron chi connectivity index (χ4n) is 3.61. The fourth-order valence-corrected chi connectivity index (χ4v) is 3.98. The van der Waals surface area contributed by atoms with E-state index in [9.17, 15) is 4.79 Å². The molecule has 1 amide bonds. The second kappa shape index (κ2) is 4.85. The molecular weight excluding hydrogens is 316 g/mol. The lowest BCUT2D eigenvalue weighted by Crippen LogP contribution is -2.76. The third kappa shape index (κ3) is 2.19. The van der Waals surface area contributed by atoms with E-state index in [-0.39, 0.29) is 28.8 Å². The summed E-state index contributed by atoms with van der Waals surface area (Å²) in [5.41, 5.74) is 7.74. The molecule has 0 spiro atoms. The van der Waals surface area contributed by atoms with E-state index < -0.39 is 0 Å². The number of hydrogen-bond acceptors (Lipinski definition) is 2. The van der Waals surface area contributed by atoms with Gasteiger partial charge >= 0.3 is 0 Å². The van der Waals surface area contributed by atoms with Gasteiger partial charge in [0.25, 0.3) is 5.91 Å². The summed E-state index contributed by atoms with van der Waals surface area (Å²) in [7, 11) is 0. The van der Waals surface area contributed by atoms with E-state index in [0.717, 1.165) is 10.0 Å². The van der Waals surface area contributed by atoms with Gasteiger partial charge in [-0.05, 0) is 24.6 Å². The molecule has 0 heterocycles. The van der Waals surface area contributed by atoms with Gasteiger partial charge in [0, 0.05) is 32.9 Å². The monoisotopic (exact) mass is 338 g/mol. The quantitative estimate of drug-likeness (QED) is 0.869. The van der Waals surface area contributed by atoms with Crippen molar-refractivity contribution in [2.24, 2.45) is 16.6 Å². The van der Waals surface area contributed by atoms with Gasteiger partial charge in [-0.3, -0.25) is 4.79 Å². The standard InChI is InChI=1S/C16H23BrN2O/c1-9-10(7-6-8-11(9)17)12(20)19-14-15(2,3)13(18)16(14,4)5/h6-8,13-14H,18H2,1-5H3,(H,19,20). The number of nitrogens with one attached hydrogen (secondary N) is 1. The number of amides is 1. The van der Waals surface area contributed by atoms with E-state index in [2.05, 4.69) is 48.9 Å². The van der Waals surface area contributed by atoms with Crippen molar-refractivity contribution in [2.75, 3.05) is 0 Å². The molecule has 1 aliphatic carbocycles. The van der Waals surface area contributed by atoms with Gasteiger partial charge in [0.15, 0.2) is 0 Å². The molecule has 1 aliphatic rings. The third-order valence-electron chi connectivity index (χ3n) is 4.88. The van der Waals surface area contributed by atoms with Gasteiger partial charge < -0.3 is 11.1 Å². The molecule has 1 aromatic carbocycles. The van der Waals surface area contributed by atoms with Crippen LogP contribution >= 0.6 is 15.9 Å². The zero-order valence-corrected chi connectivity index (χ0v) is 14.3. The molecule has 1 aromatic rings. The van der Waals surface area contributed by atoms with Crippen LogP contribution in [0.25, 0.3) is 0 Å². The summed E-state index contributed by atoms with van der Waals surface area (Å²) in [6.45, 7) is 10.4. The number of benzene rings is 1. The van der Waals surface area contributed by atoms with Crippen molar-refractivity contribution < 1.29 is 4.79 Å². The molecule has 20 heavy (non-hydrogen) atoms. The molecule has 0 atom stereocenters. The largest absolute Gasteiger partial charge is 0.348 e. The molecule has 3 N–H and O–H groups in total. The van der Waals surface area contributed by atoms with Crippen LogP contribution in [-0.2, 0) is 0 Å². The molecule has 0 saturated heterocycles. The maximum Gasteiger partial charge on any atom is 0.251 e.